The van der Waals surface area contributed by atoms with Crippen molar-refractivity contribution in [1.82, 2.24) is 14.8 Å². The molecule has 0 bridgehead atoms. The van der Waals surface area contributed by atoms with Crippen LogP contribution in [0, 0.1) is 0 Å². The largest absolute Gasteiger partial charge is 0.354 e. The molecule has 1 aliphatic rings. The predicted octanol–water partition coefficient (Wildman–Crippen LogP) is 5.52. The summed E-state index contributed by atoms with van der Waals surface area (Å²) >= 11 is 3.50. The van der Waals surface area contributed by atoms with E-state index in [1.54, 1.807) is 11.0 Å². The van der Waals surface area contributed by atoms with Crippen LogP contribution in [0.5, 0.6) is 0 Å². The van der Waals surface area contributed by atoms with Crippen LogP contribution in [0.25, 0.3) is 28.2 Å². The number of hydrogen-bond acceptors (Lipinski definition) is 2. The highest BCUT2D eigenvalue weighted by Crippen LogP contribution is 2.31. The molecule has 0 aliphatic carbocycles. The third kappa shape index (κ3) is 5.08. The first-order valence-electron chi connectivity index (χ1n) is 11.7. The summed E-state index contributed by atoms with van der Waals surface area (Å²) in [5.41, 5.74) is 5.07. The number of H-pyrrole nitrogens is 1. The summed E-state index contributed by atoms with van der Waals surface area (Å²) in [7, 11) is 0. The molecule has 1 aromatic heterocycles. The summed E-state index contributed by atoms with van der Waals surface area (Å²) in [5.74, 6) is 0.0543. The van der Waals surface area contributed by atoms with Crippen molar-refractivity contribution in [2.75, 3.05) is 26.2 Å². The maximum atomic E-state index is 13.3. The van der Waals surface area contributed by atoms with Gasteiger partial charge in [0.15, 0.2) is 0 Å². The topological polar surface area (TPSA) is 56.4 Å². The van der Waals surface area contributed by atoms with E-state index in [1.807, 2.05) is 71.6 Å². The van der Waals surface area contributed by atoms with Crippen LogP contribution in [0.15, 0.2) is 89.4 Å². The molecule has 5 rings (SSSR count). The fourth-order valence-electron chi connectivity index (χ4n) is 4.55. The highest BCUT2D eigenvalue weighted by Gasteiger charge is 2.25. The average molecular weight is 528 g/mol. The molecule has 0 atom stereocenters. The summed E-state index contributed by atoms with van der Waals surface area (Å²) in [4.78, 5) is 33.2. The maximum Gasteiger partial charge on any atom is 0.246 e. The molecule has 6 heteroatoms. The third-order valence-corrected chi connectivity index (χ3v) is 7.18. The van der Waals surface area contributed by atoms with Crippen LogP contribution in [0.3, 0.4) is 0 Å². The van der Waals surface area contributed by atoms with Gasteiger partial charge >= 0.3 is 0 Å². The molecular formula is C29H26BrN3O2. The molecule has 2 heterocycles. The molecule has 0 saturated carbocycles. The van der Waals surface area contributed by atoms with Crippen LogP contribution < -0.4 is 0 Å². The number of benzene rings is 3. The summed E-state index contributed by atoms with van der Waals surface area (Å²) in [6.07, 6.45) is 3.76. The van der Waals surface area contributed by atoms with E-state index in [9.17, 15) is 9.59 Å². The molecular weight excluding hydrogens is 502 g/mol. The van der Waals surface area contributed by atoms with Crippen LogP contribution in [-0.2, 0) is 16.0 Å². The Labute approximate surface area is 213 Å². The Morgan fingerprint density at radius 3 is 2.26 bits per heavy atom. The first-order valence-corrected chi connectivity index (χ1v) is 12.5. The Morgan fingerprint density at radius 2 is 1.49 bits per heavy atom. The van der Waals surface area contributed by atoms with Crippen molar-refractivity contribution in [2.45, 2.75) is 6.42 Å². The van der Waals surface area contributed by atoms with E-state index in [4.69, 9.17) is 0 Å². The molecule has 176 valence electrons. The highest BCUT2D eigenvalue weighted by atomic mass is 79.9. The number of nitrogens with one attached hydrogen (secondary N) is 1. The van der Waals surface area contributed by atoms with Crippen LogP contribution in [0.2, 0.25) is 0 Å². The van der Waals surface area contributed by atoms with Crippen molar-refractivity contribution in [3.8, 4) is 11.3 Å². The van der Waals surface area contributed by atoms with Gasteiger partial charge in [0, 0.05) is 47.6 Å². The number of para-hydroxylation sites is 1. The lowest BCUT2D eigenvalue weighted by molar-refractivity contribution is -0.136. The van der Waals surface area contributed by atoms with E-state index in [2.05, 4.69) is 39.1 Å². The summed E-state index contributed by atoms with van der Waals surface area (Å²) in [5, 5.41) is 1.07. The van der Waals surface area contributed by atoms with Gasteiger partial charge < -0.3 is 14.8 Å². The normalized spacial score (nSPS) is 14.1. The van der Waals surface area contributed by atoms with Crippen LogP contribution >= 0.6 is 15.9 Å². The maximum absolute atomic E-state index is 13.3. The molecule has 35 heavy (non-hydrogen) atoms. The first-order chi connectivity index (χ1) is 17.1. The molecule has 1 saturated heterocycles. The van der Waals surface area contributed by atoms with Gasteiger partial charge in [0.1, 0.15) is 0 Å². The minimum atomic E-state index is -0.0316. The molecule has 1 aliphatic heterocycles. The number of fused-ring (bicyclic) bond motifs is 1. The van der Waals surface area contributed by atoms with Gasteiger partial charge in [-0.05, 0) is 34.9 Å². The van der Waals surface area contributed by atoms with Crippen molar-refractivity contribution in [1.29, 1.82) is 0 Å². The molecule has 4 aromatic rings. The lowest BCUT2D eigenvalue weighted by Crippen LogP contribution is -2.50. The number of aromatic nitrogens is 1. The SMILES string of the molecule is O=C(/C=C/c1ccccc1Br)N1CCN(C(=O)Cc2c(-c3ccccc3)[nH]c3ccccc23)CC1. The van der Waals surface area contributed by atoms with E-state index >= 15 is 0 Å². The quantitative estimate of drug-likeness (QED) is 0.347. The van der Waals surface area contributed by atoms with Crippen molar-refractivity contribution in [3.05, 3.63) is 101 Å². The standard InChI is InChI=1S/C29H26BrN3O2/c30-25-12-6-4-8-21(25)14-15-27(34)32-16-18-33(19-17-32)28(35)20-24-23-11-5-7-13-26(23)31-29(24)22-9-2-1-3-10-22/h1-15,31H,16-20H2/b15-14+. The Kier molecular flexibility index (Phi) is 6.82. The number of rotatable bonds is 5. The lowest BCUT2D eigenvalue weighted by Gasteiger charge is -2.34. The molecule has 2 amide bonds. The zero-order chi connectivity index (χ0) is 24.2. The fourth-order valence-corrected chi connectivity index (χ4v) is 4.97. The number of nitrogens with zero attached hydrogens (tertiary/aromatic N) is 2. The van der Waals surface area contributed by atoms with Crippen molar-refractivity contribution < 1.29 is 9.59 Å². The van der Waals surface area contributed by atoms with Gasteiger partial charge in [-0.15, -0.1) is 0 Å². The fraction of sp³-hybridized carbons (Fsp3) is 0.172. The van der Waals surface area contributed by atoms with E-state index in [0.29, 0.717) is 32.6 Å². The number of halogens is 1. The Hall–Kier alpha value is -3.64. The van der Waals surface area contributed by atoms with Crippen molar-refractivity contribution in [2.24, 2.45) is 0 Å². The van der Waals surface area contributed by atoms with Gasteiger partial charge in [-0.2, -0.15) is 0 Å². The molecule has 0 unspecified atom stereocenters. The van der Waals surface area contributed by atoms with Gasteiger partial charge in [0.05, 0.1) is 12.1 Å². The monoisotopic (exact) mass is 527 g/mol. The van der Waals surface area contributed by atoms with Crippen molar-refractivity contribution >= 4 is 44.7 Å². The number of piperazine rings is 1. The van der Waals surface area contributed by atoms with Gasteiger partial charge in [-0.3, -0.25) is 9.59 Å². The zero-order valence-electron chi connectivity index (χ0n) is 19.3. The van der Waals surface area contributed by atoms with Gasteiger partial charge in [0.25, 0.3) is 0 Å². The average Bonchev–Trinajstić information content (AvgIpc) is 3.27. The second-order valence-corrected chi connectivity index (χ2v) is 9.48. The Morgan fingerprint density at radius 1 is 0.829 bits per heavy atom. The third-order valence-electron chi connectivity index (χ3n) is 6.46. The zero-order valence-corrected chi connectivity index (χ0v) is 20.9. The van der Waals surface area contributed by atoms with E-state index in [-0.39, 0.29) is 11.8 Å². The van der Waals surface area contributed by atoms with E-state index in [1.165, 1.54) is 0 Å². The minimum absolute atomic E-state index is 0.0316. The molecule has 3 aromatic carbocycles. The van der Waals surface area contributed by atoms with Crippen molar-refractivity contribution in [3.63, 3.8) is 0 Å². The van der Waals surface area contributed by atoms with Gasteiger partial charge in [-0.1, -0.05) is 82.7 Å². The van der Waals surface area contributed by atoms with Crippen LogP contribution in [0.4, 0.5) is 0 Å². The minimum Gasteiger partial charge on any atom is -0.354 e. The van der Waals surface area contributed by atoms with Crippen LogP contribution in [-0.4, -0.2) is 52.8 Å². The van der Waals surface area contributed by atoms with Gasteiger partial charge in [-0.25, -0.2) is 0 Å². The first kappa shape index (κ1) is 23.1. The Balaban J connectivity index is 1.26. The van der Waals surface area contributed by atoms with E-state index in [0.717, 1.165) is 37.8 Å². The summed E-state index contributed by atoms with van der Waals surface area (Å²) in [6.45, 7) is 2.14. The number of carbonyl (C=O) groups excluding carboxylic acids is 2. The number of aromatic amines is 1. The highest BCUT2D eigenvalue weighted by molar-refractivity contribution is 9.10. The predicted molar refractivity (Wildman–Crippen MR) is 144 cm³/mol. The Bertz CT molecular complexity index is 1390. The molecule has 0 radical (unpaired) electrons. The second kappa shape index (κ2) is 10.3. The molecule has 5 nitrogen and oxygen atoms in total. The number of carbonyl (C=O) groups is 2. The molecule has 1 N–H and O–H groups in total. The molecule has 0 spiro atoms. The number of amides is 2. The summed E-state index contributed by atoms with van der Waals surface area (Å²) < 4.78 is 0.951. The van der Waals surface area contributed by atoms with Gasteiger partial charge in [0.2, 0.25) is 11.8 Å². The smallest absolute Gasteiger partial charge is 0.246 e. The summed E-state index contributed by atoms with van der Waals surface area (Å²) in [6, 6.07) is 26.0. The number of hydrogen-bond donors (Lipinski definition) is 1. The second-order valence-electron chi connectivity index (χ2n) is 8.63. The van der Waals surface area contributed by atoms with Crippen LogP contribution in [0.1, 0.15) is 11.1 Å². The lowest BCUT2D eigenvalue weighted by atomic mass is 10.0. The van der Waals surface area contributed by atoms with E-state index < -0.39 is 0 Å². The molecule has 1 fully saturated rings.